The van der Waals surface area contributed by atoms with Gasteiger partial charge in [0.25, 0.3) is 0 Å². The van der Waals surface area contributed by atoms with Crippen LogP contribution in [-0.4, -0.2) is 15.7 Å². The first kappa shape index (κ1) is 14.8. The van der Waals surface area contributed by atoms with E-state index in [0.717, 1.165) is 29.0 Å². The predicted molar refractivity (Wildman–Crippen MR) is 85.8 cm³/mol. The maximum absolute atomic E-state index is 5.56. The third-order valence-electron chi connectivity index (χ3n) is 3.13. The Hall–Kier alpha value is -1.59. The lowest BCUT2D eigenvalue weighted by Crippen LogP contribution is -2.13. The van der Waals surface area contributed by atoms with Crippen LogP contribution in [0.4, 0.5) is 5.82 Å². The summed E-state index contributed by atoms with van der Waals surface area (Å²) in [5.41, 5.74) is 5.72. The molecule has 1 heterocycles. The first-order valence-corrected chi connectivity index (χ1v) is 7.75. The standard InChI is InChI=1S/C15H20N4S/c1-4-13-10(3)17-14(18-15(13)19-16)11-6-8-12(9-7-11)20-5-2/h6-9H,4-5,16H2,1-3H3,(H,17,18,19). The number of aromatic nitrogens is 2. The molecule has 0 aliphatic rings. The molecule has 2 rings (SSSR count). The molecule has 0 bridgehead atoms. The SMILES string of the molecule is CCSc1ccc(-c2nc(C)c(CC)c(NN)n2)cc1. The minimum Gasteiger partial charge on any atom is -0.308 e. The second-order valence-corrected chi connectivity index (χ2v) is 5.75. The van der Waals surface area contributed by atoms with Crippen LogP contribution in [0.5, 0.6) is 0 Å². The fraction of sp³-hybridized carbons (Fsp3) is 0.333. The summed E-state index contributed by atoms with van der Waals surface area (Å²) in [6.45, 7) is 6.21. The zero-order valence-electron chi connectivity index (χ0n) is 12.1. The van der Waals surface area contributed by atoms with Crippen LogP contribution in [0.3, 0.4) is 0 Å². The number of thioether (sulfide) groups is 1. The summed E-state index contributed by atoms with van der Waals surface area (Å²) in [7, 11) is 0. The highest BCUT2D eigenvalue weighted by Gasteiger charge is 2.10. The molecule has 0 fully saturated rings. The van der Waals surface area contributed by atoms with Gasteiger partial charge in [0.1, 0.15) is 5.82 Å². The summed E-state index contributed by atoms with van der Waals surface area (Å²) in [6.07, 6.45) is 0.859. The van der Waals surface area contributed by atoms with E-state index >= 15 is 0 Å². The van der Waals surface area contributed by atoms with Crippen LogP contribution in [0.1, 0.15) is 25.1 Å². The lowest BCUT2D eigenvalue weighted by molar-refractivity contribution is 0.995. The summed E-state index contributed by atoms with van der Waals surface area (Å²) in [4.78, 5) is 10.4. The van der Waals surface area contributed by atoms with Gasteiger partial charge in [-0.15, -0.1) is 11.8 Å². The fourth-order valence-electron chi connectivity index (χ4n) is 2.13. The molecule has 4 nitrogen and oxygen atoms in total. The minimum atomic E-state index is 0.709. The Bertz CT molecular complexity index is 581. The Labute approximate surface area is 124 Å². The average molecular weight is 288 g/mol. The predicted octanol–water partition coefficient (Wildman–Crippen LogP) is 3.41. The van der Waals surface area contributed by atoms with Gasteiger partial charge in [-0.25, -0.2) is 15.8 Å². The summed E-state index contributed by atoms with van der Waals surface area (Å²) in [5.74, 6) is 8.05. The van der Waals surface area contributed by atoms with Crippen LogP contribution in [0.25, 0.3) is 11.4 Å². The summed E-state index contributed by atoms with van der Waals surface area (Å²) >= 11 is 1.82. The minimum absolute atomic E-state index is 0.709. The molecule has 0 atom stereocenters. The van der Waals surface area contributed by atoms with Crippen LogP contribution in [0.15, 0.2) is 29.2 Å². The second kappa shape index (κ2) is 6.72. The zero-order chi connectivity index (χ0) is 14.5. The molecule has 0 unspecified atom stereocenters. The summed E-state index contributed by atoms with van der Waals surface area (Å²) in [6, 6.07) is 8.31. The number of anilines is 1. The number of rotatable bonds is 5. The topological polar surface area (TPSA) is 63.8 Å². The van der Waals surface area contributed by atoms with Crippen LogP contribution in [0.2, 0.25) is 0 Å². The zero-order valence-corrected chi connectivity index (χ0v) is 12.9. The third kappa shape index (κ3) is 3.11. The Morgan fingerprint density at radius 3 is 2.40 bits per heavy atom. The number of hydrogen-bond donors (Lipinski definition) is 2. The molecule has 0 aliphatic carbocycles. The molecule has 1 aromatic carbocycles. The van der Waals surface area contributed by atoms with E-state index in [1.54, 1.807) is 0 Å². The Kier molecular flexibility index (Phi) is 4.98. The molecule has 0 radical (unpaired) electrons. The molecule has 1 aromatic heterocycles. The van der Waals surface area contributed by atoms with Gasteiger partial charge < -0.3 is 5.43 Å². The van der Waals surface area contributed by atoms with Gasteiger partial charge in [0.05, 0.1) is 0 Å². The molecule has 0 aliphatic heterocycles. The Morgan fingerprint density at radius 1 is 1.15 bits per heavy atom. The first-order valence-electron chi connectivity index (χ1n) is 6.77. The molecule has 106 valence electrons. The van der Waals surface area contributed by atoms with Crippen molar-refractivity contribution in [3.8, 4) is 11.4 Å². The average Bonchev–Trinajstić information content (AvgIpc) is 2.47. The third-order valence-corrected chi connectivity index (χ3v) is 4.02. The molecule has 2 aromatic rings. The molecule has 5 heteroatoms. The van der Waals surface area contributed by atoms with Crippen LogP contribution < -0.4 is 11.3 Å². The lowest BCUT2D eigenvalue weighted by atomic mass is 10.1. The highest BCUT2D eigenvalue weighted by Crippen LogP contribution is 2.25. The number of benzene rings is 1. The Morgan fingerprint density at radius 2 is 1.85 bits per heavy atom. The smallest absolute Gasteiger partial charge is 0.161 e. The van der Waals surface area contributed by atoms with Gasteiger partial charge >= 0.3 is 0 Å². The van der Waals surface area contributed by atoms with E-state index in [0.29, 0.717) is 11.6 Å². The van der Waals surface area contributed by atoms with Crippen LogP contribution in [0, 0.1) is 6.92 Å². The van der Waals surface area contributed by atoms with Crippen molar-refractivity contribution < 1.29 is 0 Å². The molecule has 0 saturated heterocycles. The van der Waals surface area contributed by atoms with Gasteiger partial charge in [0, 0.05) is 21.7 Å². The molecule has 0 amide bonds. The van der Waals surface area contributed by atoms with Crippen molar-refractivity contribution in [1.29, 1.82) is 0 Å². The highest BCUT2D eigenvalue weighted by atomic mass is 32.2. The number of aryl methyl sites for hydroxylation is 1. The number of hydrogen-bond acceptors (Lipinski definition) is 5. The van der Waals surface area contributed by atoms with Gasteiger partial charge in [-0.2, -0.15) is 0 Å². The van der Waals surface area contributed by atoms with E-state index in [9.17, 15) is 0 Å². The van der Waals surface area contributed by atoms with E-state index in [1.165, 1.54) is 4.90 Å². The lowest BCUT2D eigenvalue weighted by Gasteiger charge is -2.11. The molecular formula is C15H20N4S. The van der Waals surface area contributed by atoms with Gasteiger partial charge in [-0.1, -0.05) is 26.0 Å². The van der Waals surface area contributed by atoms with Gasteiger partial charge in [0.15, 0.2) is 5.82 Å². The van der Waals surface area contributed by atoms with Crippen molar-refractivity contribution in [3.05, 3.63) is 35.5 Å². The number of nitrogens with two attached hydrogens (primary N) is 1. The normalized spacial score (nSPS) is 10.6. The van der Waals surface area contributed by atoms with Crippen LogP contribution >= 0.6 is 11.8 Å². The van der Waals surface area contributed by atoms with E-state index < -0.39 is 0 Å². The van der Waals surface area contributed by atoms with Crippen molar-refractivity contribution in [3.63, 3.8) is 0 Å². The summed E-state index contributed by atoms with van der Waals surface area (Å²) in [5, 5.41) is 0. The maximum Gasteiger partial charge on any atom is 0.161 e. The summed E-state index contributed by atoms with van der Waals surface area (Å²) < 4.78 is 0. The molecule has 3 N–H and O–H groups in total. The van der Waals surface area contributed by atoms with Gasteiger partial charge in [-0.3, -0.25) is 0 Å². The van der Waals surface area contributed by atoms with Crippen molar-refractivity contribution in [2.75, 3.05) is 11.2 Å². The number of hydrazine groups is 1. The first-order chi connectivity index (χ1) is 9.69. The molecular weight excluding hydrogens is 268 g/mol. The molecule has 0 saturated carbocycles. The van der Waals surface area contributed by atoms with Crippen molar-refractivity contribution >= 4 is 17.6 Å². The quantitative estimate of drug-likeness (QED) is 0.501. The van der Waals surface area contributed by atoms with E-state index in [2.05, 4.69) is 53.5 Å². The second-order valence-electron chi connectivity index (χ2n) is 4.42. The van der Waals surface area contributed by atoms with Crippen molar-refractivity contribution in [2.45, 2.75) is 32.1 Å². The maximum atomic E-state index is 5.56. The number of nitrogens with zero attached hydrogens (tertiary/aromatic N) is 2. The van der Waals surface area contributed by atoms with Gasteiger partial charge in [0.2, 0.25) is 0 Å². The van der Waals surface area contributed by atoms with E-state index in [4.69, 9.17) is 5.84 Å². The fourth-order valence-corrected chi connectivity index (χ4v) is 2.80. The molecule has 0 spiro atoms. The van der Waals surface area contributed by atoms with Crippen molar-refractivity contribution in [1.82, 2.24) is 9.97 Å². The van der Waals surface area contributed by atoms with Crippen molar-refractivity contribution in [2.24, 2.45) is 5.84 Å². The van der Waals surface area contributed by atoms with Crippen LogP contribution in [-0.2, 0) is 6.42 Å². The van der Waals surface area contributed by atoms with E-state index in [1.807, 2.05) is 18.7 Å². The molecule has 20 heavy (non-hydrogen) atoms. The number of nitrogens with one attached hydrogen (secondary N) is 1. The Balaban J connectivity index is 2.39. The monoisotopic (exact) mass is 288 g/mol. The van der Waals surface area contributed by atoms with E-state index in [-0.39, 0.29) is 0 Å². The highest BCUT2D eigenvalue weighted by molar-refractivity contribution is 7.99. The van der Waals surface area contributed by atoms with Gasteiger partial charge in [-0.05, 0) is 31.2 Å². The number of nitrogen functional groups attached to an aromatic ring is 1. The largest absolute Gasteiger partial charge is 0.308 e.